The summed E-state index contributed by atoms with van der Waals surface area (Å²) in [5, 5.41) is 2.94. The number of rotatable bonds is 7. The molecule has 25 heavy (non-hydrogen) atoms. The SMILES string of the molecule is CCOC(=O)N1CCN(CC(=O)NCCc2cccc(OC)c2)CC1. The molecule has 1 aromatic rings. The van der Waals surface area contributed by atoms with E-state index in [1.165, 1.54) is 0 Å². The van der Waals surface area contributed by atoms with Crippen molar-refractivity contribution in [3.05, 3.63) is 29.8 Å². The fourth-order valence-electron chi connectivity index (χ4n) is 2.74. The maximum Gasteiger partial charge on any atom is 0.409 e. The van der Waals surface area contributed by atoms with E-state index in [0.717, 1.165) is 17.7 Å². The predicted octanol–water partition coefficient (Wildman–Crippen LogP) is 1.13. The molecule has 2 amide bonds. The number of ether oxygens (including phenoxy) is 2. The Morgan fingerprint density at radius 3 is 2.64 bits per heavy atom. The molecule has 7 nitrogen and oxygen atoms in total. The fraction of sp³-hybridized carbons (Fsp3) is 0.556. The highest BCUT2D eigenvalue weighted by molar-refractivity contribution is 5.78. The van der Waals surface area contributed by atoms with E-state index in [2.05, 4.69) is 10.2 Å². The van der Waals surface area contributed by atoms with Crippen LogP contribution >= 0.6 is 0 Å². The van der Waals surface area contributed by atoms with E-state index in [4.69, 9.17) is 9.47 Å². The van der Waals surface area contributed by atoms with Gasteiger partial charge in [-0.05, 0) is 31.0 Å². The second-order valence-corrected chi connectivity index (χ2v) is 5.91. The first-order valence-corrected chi connectivity index (χ1v) is 8.66. The van der Waals surface area contributed by atoms with Crippen LogP contribution in [0.1, 0.15) is 12.5 Å². The molecule has 1 aromatic carbocycles. The molecule has 7 heteroatoms. The minimum absolute atomic E-state index is 0.00693. The molecule has 1 heterocycles. The molecule has 0 radical (unpaired) electrons. The van der Waals surface area contributed by atoms with Crippen LogP contribution in [-0.2, 0) is 16.0 Å². The molecule has 0 saturated carbocycles. The lowest BCUT2D eigenvalue weighted by Gasteiger charge is -2.33. The van der Waals surface area contributed by atoms with E-state index < -0.39 is 0 Å². The summed E-state index contributed by atoms with van der Waals surface area (Å²) in [6, 6.07) is 7.83. The third kappa shape index (κ3) is 6.26. The third-order valence-electron chi connectivity index (χ3n) is 4.14. The van der Waals surface area contributed by atoms with Crippen LogP contribution in [0.3, 0.4) is 0 Å². The van der Waals surface area contributed by atoms with Crippen molar-refractivity contribution in [3.8, 4) is 5.75 Å². The number of benzene rings is 1. The molecule has 1 fully saturated rings. The van der Waals surface area contributed by atoms with Crippen molar-refractivity contribution >= 4 is 12.0 Å². The molecule has 0 spiro atoms. The van der Waals surface area contributed by atoms with Gasteiger partial charge in [0.2, 0.25) is 5.91 Å². The summed E-state index contributed by atoms with van der Waals surface area (Å²) in [4.78, 5) is 27.4. The Balaban J connectivity index is 1.65. The Morgan fingerprint density at radius 2 is 1.96 bits per heavy atom. The molecular formula is C18H27N3O4. The second kappa shape index (κ2) is 9.88. The summed E-state index contributed by atoms with van der Waals surface area (Å²) in [6.07, 6.45) is 0.490. The molecule has 0 atom stereocenters. The summed E-state index contributed by atoms with van der Waals surface area (Å²) in [6.45, 7) is 5.68. The van der Waals surface area contributed by atoms with Gasteiger partial charge in [-0.3, -0.25) is 9.69 Å². The average molecular weight is 349 g/mol. The monoisotopic (exact) mass is 349 g/mol. The highest BCUT2D eigenvalue weighted by Crippen LogP contribution is 2.12. The largest absolute Gasteiger partial charge is 0.497 e. The van der Waals surface area contributed by atoms with Crippen LogP contribution in [0.15, 0.2) is 24.3 Å². The van der Waals surface area contributed by atoms with Crippen molar-refractivity contribution in [1.29, 1.82) is 0 Å². The number of amides is 2. The smallest absolute Gasteiger partial charge is 0.409 e. The summed E-state index contributed by atoms with van der Waals surface area (Å²) in [5.74, 6) is 0.829. The molecule has 0 bridgehead atoms. The van der Waals surface area contributed by atoms with Crippen molar-refractivity contribution in [2.45, 2.75) is 13.3 Å². The van der Waals surface area contributed by atoms with E-state index >= 15 is 0 Å². The highest BCUT2D eigenvalue weighted by atomic mass is 16.6. The van der Waals surface area contributed by atoms with Crippen LogP contribution < -0.4 is 10.1 Å². The number of piperazine rings is 1. The van der Waals surface area contributed by atoms with E-state index in [9.17, 15) is 9.59 Å². The molecule has 0 unspecified atom stereocenters. The lowest BCUT2D eigenvalue weighted by atomic mass is 10.1. The Morgan fingerprint density at radius 1 is 1.20 bits per heavy atom. The first kappa shape index (κ1) is 19.1. The number of nitrogens with one attached hydrogen (secondary N) is 1. The van der Waals surface area contributed by atoms with Gasteiger partial charge in [0, 0.05) is 32.7 Å². The molecular weight excluding hydrogens is 322 g/mol. The van der Waals surface area contributed by atoms with Crippen molar-refractivity contribution < 1.29 is 19.1 Å². The normalized spacial score (nSPS) is 14.9. The summed E-state index contributed by atoms with van der Waals surface area (Å²) in [5.41, 5.74) is 1.13. The van der Waals surface area contributed by atoms with Gasteiger partial charge < -0.3 is 19.7 Å². The number of nitrogens with zero attached hydrogens (tertiary/aromatic N) is 2. The fourth-order valence-corrected chi connectivity index (χ4v) is 2.74. The van der Waals surface area contributed by atoms with E-state index in [1.54, 1.807) is 18.9 Å². The molecule has 1 N–H and O–H groups in total. The molecule has 0 aromatic heterocycles. The first-order chi connectivity index (χ1) is 12.1. The molecule has 1 aliphatic heterocycles. The summed E-state index contributed by atoms with van der Waals surface area (Å²) >= 11 is 0. The number of hydrogen-bond acceptors (Lipinski definition) is 5. The number of carbonyl (C=O) groups is 2. The van der Waals surface area contributed by atoms with Crippen LogP contribution in [0.2, 0.25) is 0 Å². The van der Waals surface area contributed by atoms with Crippen molar-refractivity contribution in [2.75, 3.05) is 53.0 Å². The Bertz CT molecular complexity index is 571. The maximum atomic E-state index is 12.1. The van der Waals surface area contributed by atoms with E-state index in [-0.39, 0.29) is 12.0 Å². The third-order valence-corrected chi connectivity index (χ3v) is 4.14. The molecule has 2 rings (SSSR count). The quantitative estimate of drug-likeness (QED) is 0.799. The van der Waals surface area contributed by atoms with Crippen LogP contribution in [0.25, 0.3) is 0 Å². The van der Waals surface area contributed by atoms with Gasteiger partial charge >= 0.3 is 6.09 Å². The molecule has 1 saturated heterocycles. The van der Waals surface area contributed by atoms with Crippen molar-refractivity contribution in [1.82, 2.24) is 15.1 Å². The van der Waals surface area contributed by atoms with Gasteiger partial charge in [-0.2, -0.15) is 0 Å². The zero-order chi connectivity index (χ0) is 18.1. The Hall–Kier alpha value is -2.28. The standard InChI is InChI=1S/C18H27N3O4/c1-3-25-18(23)21-11-9-20(10-12-21)14-17(22)19-8-7-15-5-4-6-16(13-15)24-2/h4-6,13H,3,7-12,14H2,1-2H3,(H,19,22). The second-order valence-electron chi connectivity index (χ2n) is 5.91. The van der Waals surface area contributed by atoms with Gasteiger partial charge in [0.25, 0.3) is 0 Å². The average Bonchev–Trinajstić information content (AvgIpc) is 2.62. The van der Waals surface area contributed by atoms with Gasteiger partial charge in [0.1, 0.15) is 5.75 Å². The summed E-state index contributed by atoms with van der Waals surface area (Å²) in [7, 11) is 1.64. The van der Waals surface area contributed by atoms with Gasteiger partial charge in [-0.15, -0.1) is 0 Å². The van der Waals surface area contributed by atoms with Gasteiger partial charge in [0.15, 0.2) is 0 Å². The van der Waals surface area contributed by atoms with Gasteiger partial charge in [-0.25, -0.2) is 4.79 Å². The lowest BCUT2D eigenvalue weighted by molar-refractivity contribution is -0.122. The first-order valence-electron chi connectivity index (χ1n) is 8.66. The van der Waals surface area contributed by atoms with Crippen LogP contribution in [0.4, 0.5) is 4.79 Å². The number of methoxy groups -OCH3 is 1. The van der Waals surface area contributed by atoms with E-state index in [0.29, 0.717) is 45.9 Å². The van der Waals surface area contributed by atoms with Crippen LogP contribution in [0, 0.1) is 0 Å². The number of hydrogen-bond donors (Lipinski definition) is 1. The van der Waals surface area contributed by atoms with Crippen LogP contribution in [-0.4, -0.2) is 74.8 Å². The summed E-state index contributed by atoms with van der Waals surface area (Å²) < 4.78 is 10.2. The van der Waals surface area contributed by atoms with Crippen molar-refractivity contribution in [3.63, 3.8) is 0 Å². The zero-order valence-corrected chi connectivity index (χ0v) is 15.0. The van der Waals surface area contributed by atoms with Gasteiger partial charge in [-0.1, -0.05) is 12.1 Å². The zero-order valence-electron chi connectivity index (χ0n) is 15.0. The maximum absolute atomic E-state index is 12.1. The highest BCUT2D eigenvalue weighted by Gasteiger charge is 2.22. The van der Waals surface area contributed by atoms with Gasteiger partial charge in [0.05, 0.1) is 20.3 Å². The molecule has 138 valence electrons. The number of carbonyl (C=O) groups excluding carboxylic acids is 2. The minimum Gasteiger partial charge on any atom is -0.497 e. The minimum atomic E-state index is -0.273. The molecule has 1 aliphatic rings. The molecule has 0 aliphatic carbocycles. The topological polar surface area (TPSA) is 71.1 Å². The lowest BCUT2D eigenvalue weighted by Crippen LogP contribution is -2.51. The Labute approximate surface area is 148 Å². The predicted molar refractivity (Wildman–Crippen MR) is 94.7 cm³/mol. The Kier molecular flexibility index (Phi) is 7.53. The van der Waals surface area contributed by atoms with Crippen LogP contribution in [0.5, 0.6) is 5.75 Å². The van der Waals surface area contributed by atoms with Crippen molar-refractivity contribution in [2.24, 2.45) is 0 Å². The van der Waals surface area contributed by atoms with E-state index in [1.807, 2.05) is 24.3 Å².